The van der Waals surface area contributed by atoms with Gasteiger partial charge >= 0.3 is 19.8 Å². The molecule has 0 heterocycles. The molecule has 0 aliphatic carbocycles. The summed E-state index contributed by atoms with van der Waals surface area (Å²) in [5.41, 5.74) is 5.40. The molecule has 0 aliphatic heterocycles. The zero-order chi connectivity index (χ0) is 57.3. The molecule has 2 unspecified atom stereocenters. The minimum Gasteiger partial charge on any atom is -0.462 e. The molecule has 454 valence electrons. The maximum Gasteiger partial charge on any atom is 0.472 e. The Morgan fingerprint density at radius 2 is 0.658 bits per heavy atom. The molecule has 0 aromatic rings. The molecular formula is C69H120NO8P. The van der Waals surface area contributed by atoms with Crippen molar-refractivity contribution in [2.75, 3.05) is 26.4 Å². The molecule has 9 nitrogen and oxygen atoms in total. The van der Waals surface area contributed by atoms with E-state index in [1.807, 2.05) is 0 Å². The summed E-state index contributed by atoms with van der Waals surface area (Å²) in [6, 6.07) is 0. The van der Waals surface area contributed by atoms with Crippen molar-refractivity contribution in [1.82, 2.24) is 0 Å². The first kappa shape index (κ1) is 75.7. The Balaban J connectivity index is 3.92. The van der Waals surface area contributed by atoms with Crippen LogP contribution in [0.25, 0.3) is 0 Å². The average molecular weight is 1120 g/mol. The lowest BCUT2D eigenvalue weighted by Crippen LogP contribution is -2.29. The van der Waals surface area contributed by atoms with E-state index in [1.165, 1.54) is 154 Å². The first-order valence-corrected chi connectivity index (χ1v) is 33.9. The van der Waals surface area contributed by atoms with Gasteiger partial charge in [-0.15, -0.1) is 0 Å². The van der Waals surface area contributed by atoms with Gasteiger partial charge < -0.3 is 20.1 Å². The van der Waals surface area contributed by atoms with Crippen LogP contribution in [-0.4, -0.2) is 49.3 Å². The summed E-state index contributed by atoms with van der Waals surface area (Å²) >= 11 is 0. The van der Waals surface area contributed by atoms with Crippen LogP contribution in [0.4, 0.5) is 0 Å². The molecule has 0 aliphatic rings. The standard InChI is InChI=1S/C69H120NO8P/c1-3-5-7-9-11-13-15-17-19-21-23-25-27-29-31-33-35-37-39-41-43-45-47-49-51-53-55-57-59-61-68(71)75-65-67(66-77-79(73,74)76-64-63-70)78-69(72)62-60-58-56-54-52-50-48-46-44-42-40-38-36-34-32-30-28-26-24-22-20-18-16-14-12-10-8-6-4-2/h5-8,11-14,17-20,23-26,30,32,67H,3-4,9-10,15-16,21-22,27-29,31,33-66,70H2,1-2H3,(H,73,74)/b7-5-,8-6-,13-11-,14-12-,19-17-,20-18-,25-23-,26-24-,32-30-. The van der Waals surface area contributed by atoms with E-state index < -0.39 is 26.5 Å². The number of carbonyl (C=O) groups excluding carboxylic acids is 2. The van der Waals surface area contributed by atoms with Crippen LogP contribution in [0.1, 0.15) is 284 Å². The maximum absolute atomic E-state index is 12.7. The van der Waals surface area contributed by atoms with Crippen LogP contribution in [-0.2, 0) is 32.7 Å². The minimum absolute atomic E-state index is 0.0500. The van der Waals surface area contributed by atoms with Gasteiger partial charge in [0.25, 0.3) is 0 Å². The van der Waals surface area contributed by atoms with E-state index in [4.69, 9.17) is 24.3 Å². The first-order chi connectivity index (χ1) is 38.8. The molecule has 0 saturated carbocycles. The zero-order valence-corrected chi connectivity index (χ0v) is 51.7. The quantitative estimate of drug-likeness (QED) is 0.0264. The molecule has 0 rings (SSSR count). The molecule has 0 aromatic heterocycles. The predicted octanol–water partition coefficient (Wildman–Crippen LogP) is 21.0. The first-order valence-electron chi connectivity index (χ1n) is 32.4. The Morgan fingerprint density at radius 3 is 0.975 bits per heavy atom. The highest BCUT2D eigenvalue weighted by molar-refractivity contribution is 7.47. The maximum atomic E-state index is 12.7. The molecule has 0 spiro atoms. The molecular weight excluding hydrogens is 1000 g/mol. The number of nitrogens with two attached hydrogens (primary N) is 1. The summed E-state index contributed by atoms with van der Waals surface area (Å²) in [6.45, 7) is 3.54. The van der Waals surface area contributed by atoms with Crippen LogP contribution >= 0.6 is 7.82 Å². The molecule has 3 N–H and O–H groups in total. The van der Waals surface area contributed by atoms with E-state index in [2.05, 4.69) is 123 Å². The number of allylic oxidation sites excluding steroid dienone is 18. The Bertz CT molecular complexity index is 1660. The molecule has 2 atom stereocenters. The fourth-order valence-electron chi connectivity index (χ4n) is 8.95. The van der Waals surface area contributed by atoms with Crippen molar-refractivity contribution in [3.05, 3.63) is 109 Å². The SMILES string of the molecule is CC/C=C\C/C=C\C/C=C\C/C=C\C/C=C\CCCCCCCCCCCCCCCC(=O)OC(COC(=O)CCCCCCCCCCCCCCCCCC/C=C\C/C=C\C/C=C\C/C=C\CC)COP(=O)(O)OCCN. The second kappa shape index (κ2) is 63.8. The molecule has 0 bridgehead atoms. The molecule has 0 radical (unpaired) electrons. The molecule has 10 heteroatoms. The van der Waals surface area contributed by atoms with E-state index in [1.54, 1.807) is 0 Å². The highest BCUT2D eigenvalue weighted by Gasteiger charge is 2.26. The van der Waals surface area contributed by atoms with Crippen LogP contribution in [0.3, 0.4) is 0 Å². The highest BCUT2D eigenvalue weighted by atomic mass is 31.2. The second-order valence-corrected chi connectivity index (χ2v) is 22.7. The molecule has 0 fully saturated rings. The van der Waals surface area contributed by atoms with Crippen LogP contribution < -0.4 is 5.73 Å². The molecule has 0 saturated heterocycles. The van der Waals surface area contributed by atoms with E-state index in [9.17, 15) is 19.0 Å². The van der Waals surface area contributed by atoms with Gasteiger partial charge in [-0.1, -0.05) is 284 Å². The Labute approximate surface area is 486 Å². The topological polar surface area (TPSA) is 134 Å². The minimum atomic E-state index is -4.40. The predicted molar refractivity (Wildman–Crippen MR) is 339 cm³/mol. The fraction of sp³-hybridized carbons (Fsp3) is 0.710. The Kier molecular flexibility index (Phi) is 61.2. The number of rotatable bonds is 60. The summed E-state index contributed by atoms with van der Waals surface area (Å²) < 4.78 is 33.1. The van der Waals surface area contributed by atoms with E-state index >= 15 is 0 Å². The van der Waals surface area contributed by atoms with Crippen molar-refractivity contribution in [1.29, 1.82) is 0 Å². The van der Waals surface area contributed by atoms with Crippen molar-refractivity contribution in [2.24, 2.45) is 5.73 Å². The molecule has 0 amide bonds. The smallest absolute Gasteiger partial charge is 0.462 e. The number of hydrogen-bond donors (Lipinski definition) is 2. The highest BCUT2D eigenvalue weighted by Crippen LogP contribution is 2.43. The lowest BCUT2D eigenvalue weighted by molar-refractivity contribution is -0.161. The van der Waals surface area contributed by atoms with E-state index in [0.717, 1.165) is 96.3 Å². The van der Waals surface area contributed by atoms with Gasteiger partial charge in [0, 0.05) is 19.4 Å². The van der Waals surface area contributed by atoms with Gasteiger partial charge in [-0.2, -0.15) is 0 Å². The van der Waals surface area contributed by atoms with Gasteiger partial charge in [-0.3, -0.25) is 18.6 Å². The van der Waals surface area contributed by atoms with E-state index in [-0.39, 0.29) is 38.6 Å². The van der Waals surface area contributed by atoms with Crippen LogP contribution in [0.2, 0.25) is 0 Å². The van der Waals surface area contributed by atoms with Gasteiger partial charge in [-0.05, 0) is 96.3 Å². The number of carbonyl (C=O) groups is 2. The van der Waals surface area contributed by atoms with Gasteiger partial charge in [-0.25, -0.2) is 4.57 Å². The van der Waals surface area contributed by atoms with Crippen LogP contribution in [0.15, 0.2) is 109 Å². The monoisotopic (exact) mass is 1120 g/mol. The number of esters is 2. The summed E-state index contributed by atoms with van der Waals surface area (Å²) in [5.74, 6) is -0.825. The summed E-state index contributed by atoms with van der Waals surface area (Å²) in [7, 11) is -4.40. The summed E-state index contributed by atoms with van der Waals surface area (Å²) in [5, 5.41) is 0. The summed E-state index contributed by atoms with van der Waals surface area (Å²) in [6.07, 6.45) is 87.3. The van der Waals surface area contributed by atoms with Crippen molar-refractivity contribution in [3.63, 3.8) is 0 Å². The molecule has 79 heavy (non-hydrogen) atoms. The van der Waals surface area contributed by atoms with Gasteiger partial charge in [0.2, 0.25) is 0 Å². The summed E-state index contributed by atoms with van der Waals surface area (Å²) in [4.78, 5) is 35.3. The second-order valence-electron chi connectivity index (χ2n) is 21.2. The Morgan fingerprint density at radius 1 is 0.380 bits per heavy atom. The van der Waals surface area contributed by atoms with Gasteiger partial charge in [0.1, 0.15) is 6.61 Å². The number of phosphoric ester groups is 1. The number of phosphoric acid groups is 1. The number of ether oxygens (including phenoxy) is 2. The van der Waals surface area contributed by atoms with Crippen molar-refractivity contribution in [2.45, 2.75) is 290 Å². The largest absolute Gasteiger partial charge is 0.472 e. The van der Waals surface area contributed by atoms with Crippen LogP contribution in [0.5, 0.6) is 0 Å². The van der Waals surface area contributed by atoms with Crippen molar-refractivity contribution in [3.8, 4) is 0 Å². The Hall–Kier alpha value is -3.33. The normalized spacial score (nSPS) is 13.7. The van der Waals surface area contributed by atoms with Crippen molar-refractivity contribution < 1.29 is 37.6 Å². The van der Waals surface area contributed by atoms with Gasteiger partial charge in [0.15, 0.2) is 6.10 Å². The number of unbranched alkanes of at least 4 members (excludes halogenated alkanes) is 29. The van der Waals surface area contributed by atoms with Crippen molar-refractivity contribution >= 4 is 19.8 Å². The third-order valence-corrected chi connectivity index (χ3v) is 14.6. The zero-order valence-electron chi connectivity index (χ0n) is 50.8. The third-order valence-electron chi connectivity index (χ3n) is 13.7. The average Bonchev–Trinajstić information content (AvgIpc) is 3.44. The third kappa shape index (κ3) is 63.7. The lowest BCUT2D eigenvalue weighted by Gasteiger charge is -2.19. The lowest BCUT2D eigenvalue weighted by atomic mass is 10.0. The van der Waals surface area contributed by atoms with E-state index in [0.29, 0.717) is 6.42 Å². The number of hydrogen-bond acceptors (Lipinski definition) is 8. The van der Waals surface area contributed by atoms with Gasteiger partial charge in [0.05, 0.1) is 13.2 Å². The van der Waals surface area contributed by atoms with Crippen LogP contribution in [0, 0.1) is 0 Å². The molecule has 0 aromatic carbocycles. The fourth-order valence-corrected chi connectivity index (χ4v) is 9.72.